The highest BCUT2D eigenvalue weighted by atomic mass is 19.1. The number of aromatic carboxylic acids is 1. The van der Waals surface area contributed by atoms with E-state index in [-0.39, 0.29) is 12.5 Å². The molecular formula is C11H12FNO3. The van der Waals surface area contributed by atoms with Gasteiger partial charge in [0.25, 0.3) is 5.88 Å². The molecule has 1 heterocycles. The lowest BCUT2D eigenvalue weighted by molar-refractivity contribution is 0.0690. The van der Waals surface area contributed by atoms with E-state index in [9.17, 15) is 9.18 Å². The van der Waals surface area contributed by atoms with Crippen LogP contribution >= 0.6 is 0 Å². The molecule has 0 radical (unpaired) electrons. The normalized spacial score (nSPS) is 9.88. The van der Waals surface area contributed by atoms with Gasteiger partial charge in [0.15, 0.2) is 5.82 Å². The van der Waals surface area contributed by atoms with Crippen molar-refractivity contribution < 1.29 is 19.0 Å². The van der Waals surface area contributed by atoms with Crippen molar-refractivity contribution in [1.82, 2.24) is 4.98 Å². The molecule has 4 nitrogen and oxygen atoms in total. The number of carbonyl (C=O) groups is 1. The smallest absolute Gasteiger partial charge is 0.338 e. The van der Waals surface area contributed by atoms with Crippen LogP contribution in [0.3, 0.4) is 0 Å². The zero-order valence-corrected chi connectivity index (χ0v) is 8.86. The van der Waals surface area contributed by atoms with Crippen LogP contribution in [0.1, 0.15) is 23.7 Å². The molecule has 5 heteroatoms. The molecule has 1 N–H and O–H groups in total. The summed E-state index contributed by atoms with van der Waals surface area (Å²) in [6.07, 6.45) is 1.76. The number of ether oxygens (including phenoxy) is 1. The van der Waals surface area contributed by atoms with Crippen molar-refractivity contribution in [1.29, 1.82) is 0 Å². The minimum Gasteiger partial charge on any atom is -0.478 e. The van der Waals surface area contributed by atoms with Crippen LogP contribution in [0.5, 0.6) is 5.88 Å². The van der Waals surface area contributed by atoms with Crippen molar-refractivity contribution in [2.75, 3.05) is 6.61 Å². The second kappa shape index (κ2) is 5.25. The topological polar surface area (TPSA) is 59.4 Å². The highest BCUT2D eigenvalue weighted by molar-refractivity contribution is 5.88. The summed E-state index contributed by atoms with van der Waals surface area (Å²) in [4.78, 5) is 14.2. The van der Waals surface area contributed by atoms with Crippen LogP contribution in [0.4, 0.5) is 4.39 Å². The lowest BCUT2D eigenvalue weighted by Crippen LogP contribution is -2.06. The largest absolute Gasteiger partial charge is 0.478 e. The van der Waals surface area contributed by atoms with Crippen molar-refractivity contribution >= 4 is 5.97 Å². The average Bonchev–Trinajstić information content (AvgIpc) is 2.19. The van der Waals surface area contributed by atoms with E-state index in [1.807, 2.05) is 6.92 Å². The van der Waals surface area contributed by atoms with Crippen LogP contribution in [0, 0.1) is 5.82 Å². The molecule has 0 spiro atoms. The maximum Gasteiger partial charge on any atom is 0.338 e. The molecule has 0 fully saturated rings. The number of rotatable bonds is 5. The van der Waals surface area contributed by atoms with Crippen LogP contribution in [0.25, 0.3) is 0 Å². The first kappa shape index (κ1) is 12.2. The summed E-state index contributed by atoms with van der Waals surface area (Å²) in [5.74, 6) is -2.58. The quantitative estimate of drug-likeness (QED) is 0.781. The molecule has 0 saturated heterocycles. The van der Waals surface area contributed by atoms with E-state index in [4.69, 9.17) is 9.84 Å². The third kappa shape index (κ3) is 3.05. The third-order valence-corrected chi connectivity index (χ3v) is 1.86. The fourth-order valence-electron chi connectivity index (χ4n) is 1.01. The molecule has 1 aromatic rings. The number of nitrogens with zero attached hydrogens (tertiary/aromatic N) is 1. The van der Waals surface area contributed by atoms with Crippen LogP contribution in [-0.4, -0.2) is 22.7 Å². The number of carboxylic acids is 1. The van der Waals surface area contributed by atoms with E-state index in [1.165, 1.54) is 6.20 Å². The Morgan fingerprint density at radius 3 is 2.94 bits per heavy atom. The minimum absolute atomic E-state index is 0.225. The molecule has 0 atom stereocenters. The Hall–Kier alpha value is -1.91. The predicted octanol–water partition coefficient (Wildman–Crippen LogP) is 2.26. The SMILES string of the molecule is C=C(C)CCOc1nccc(C(=O)O)c1F. The van der Waals surface area contributed by atoms with Crippen molar-refractivity contribution in [2.24, 2.45) is 0 Å². The molecule has 0 saturated carbocycles. The van der Waals surface area contributed by atoms with E-state index in [2.05, 4.69) is 11.6 Å². The minimum atomic E-state index is -1.34. The average molecular weight is 225 g/mol. The lowest BCUT2D eigenvalue weighted by Gasteiger charge is -2.06. The summed E-state index contributed by atoms with van der Waals surface area (Å²) in [5, 5.41) is 8.67. The summed E-state index contributed by atoms with van der Waals surface area (Å²) in [5.41, 5.74) is 0.454. The molecule has 1 aromatic heterocycles. The molecule has 1 rings (SSSR count). The number of hydrogen-bond donors (Lipinski definition) is 1. The Labute approximate surface area is 92.4 Å². The lowest BCUT2D eigenvalue weighted by atomic mass is 10.2. The van der Waals surface area contributed by atoms with Crippen LogP contribution in [-0.2, 0) is 0 Å². The first-order valence-corrected chi connectivity index (χ1v) is 4.67. The van der Waals surface area contributed by atoms with Gasteiger partial charge in [0.1, 0.15) is 5.56 Å². The van der Waals surface area contributed by atoms with Gasteiger partial charge in [-0.05, 0) is 13.0 Å². The molecule has 0 unspecified atom stereocenters. The van der Waals surface area contributed by atoms with Crippen LogP contribution < -0.4 is 4.74 Å². The van der Waals surface area contributed by atoms with Gasteiger partial charge in [-0.25, -0.2) is 14.2 Å². The van der Waals surface area contributed by atoms with E-state index in [0.717, 1.165) is 11.6 Å². The Morgan fingerprint density at radius 1 is 1.69 bits per heavy atom. The van der Waals surface area contributed by atoms with Crippen molar-refractivity contribution in [2.45, 2.75) is 13.3 Å². The van der Waals surface area contributed by atoms with Gasteiger partial charge in [0.2, 0.25) is 0 Å². The second-order valence-electron chi connectivity index (χ2n) is 3.34. The maximum atomic E-state index is 13.5. The molecule has 16 heavy (non-hydrogen) atoms. The summed E-state index contributed by atoms with van der Waals surface area (Å²) in [6, 6.07) is 1.09. The van der Waals surface area contributed by atoms with Crippen molar-refractivity contribution in [3.05, 3.63) is 35.8 Å². The Balaban J connectivity index is 2.77. The fraction of sp³-hybridized carbons (Fsp3) is 0.273. The molecule has 0 amide bonds. The Kier molecular flexibility index (Phi) is 3.99. The number of aromatic nitrogens is 1. The van der Waals surface area contributed by atoms with Gasteiger partial charge in [-0.1, -0.05) is 5.57 Å². The first-order chi connectivity index (χ1) is 7.52. The molecule has 0 aliphatic heterocycles. The summed E-state index contributed by atoms with van der Waals surface area (Å²) >= 11 is 0. The predicted molar refractivity (Wildman–Crippen MR) is 56.1 cm³/mol. The second-order valence-corrected chi connectivity index (χ2v) is 3.34. The molecule has 86 valence electrons. The van der Waals surface area contributed by atoms with E-state index >= 15 is 0 Å². The summed E-state index contributed by atoms with van der Waals surface area (Å²) in [6.45, 7) is 5.71. The van der Waals surface area contributed by atoms with Gasteiger partial charge in [0.05, 0.1) is 6.61 Å². The van der Waals surface area contributed by atoms with Gasteiger partial charge in [-0.2, -0.15) is 0 Å². The third-order valence-electron chi connectivity index (χ3n) is 1.86. The number of pyridine rings is 1. The first-order valence-electron chi connectivity index (χ1n) is 4.67. The zero-order valence-electron chi connectivity index (χ0n) is 8.86. The molecule has 0 aromatic carbocycles. The molecular weight excluding hydrogens is 213 g/mol. The molecule has 0 aliphatic rings. The van der Waals surface area contributed by atoms with Crippen molar-refractivity contribution in [3.8, 4) is 5.88 Å². The van der Waals surface area contributed by atoms with Gasteiger partial charge in [0, 0.05) is 12.6 Å². The number of halogens is 1. The maximum absolute atomic E-state index is 13.5. The monoisotopic (exact) mass is 225 g/mol. The number of hydrogen-bond acceptors (Lipinski definition) is 3. The van der Waals surface area contributed by atoms with E-state index < -0.39 is 17.3 Å². The van der Waals surface area contributed by atoms with Gasteiger partial charge < -0.3 is 9.84 Å². The molecule has 0 bridgehead atoms. The van der Waals surface area contributed by atoms with Crippen molar-refractivity contribution in [3.63, 3.8) is 0 Å². The van der Waals surface area contributed by atoms with Gasteiger partial charge >= 0.3 is 5.97 Å². The molecule has 0 aliphatic carbocycles. The van der Waals surface area contributed by atoms with Gasteiger partial charge in [-0.15, -0.1) is 6.58 Å². The summed E-state index contributed by atoms with van der Waals surface area (Å²) in [7, 11) is 0. The fourth-order valence-corrected chi connectivity index (χ4v) is 1.01. The van der Waals surface area contributed by atoms with Gasteiger partial charge in [-0.3, -0.25) is 0 Å². The van der Waals surface area contributed by atoms with E-state index in [0.29, 0.717) is 6.42 Å². The standard InChI is InChI=1S/C11H12FNO3/c1-7(2)4-6-16-10-9(12)8(11(14)15)3-5-13-10/h3,5H,1,4,6H2,2H3,(H,14,15). The summed E-state index contributed by atoms with van der Waals surface area (Å²) < 4.78 is 18.5. The zero-order chi connectivity index (χ0) is 12.1. The Bertz CT molecular complexity index is 418. The van der Waals surface area contributed by atoms with Crippen LogP contribution in [0.2, 0.25) is 0 Å². The Morgan fingerprint density at radius 2 is 2.38 bits per heavy atom. The van der Waals surface area contributed by atoms with Crippen LogP contribution in [0.15, 0.2) is 24.4 Å². The highest BCUT2D eigenvalue weighted by Crippen LogP contribution is 2.17. The highest BCUT2D eigenvalue weighted by Gasteiger charge is 2.15. The number of carboxylic acid groups (broad SMARTS) is 1. The van der Waals surface area contributed by atoms with E-state index in [1.54, 1.807) is 0 Å².